The molecule has 1 fully saturated rings. The molecule has 1 aromatic rings. The van der Waals surface area contributed by atoms with E-state index >= 15 is 0 Å². The van der Waals surface area contributed by atoms with Gasteiger partial charge in [-0.3, -0.25) is 9.69 Å². The monoisotopic (exact) mass is 377 g/mol. The Bertz CT molecular complexity index is 690. The molecule has 1 aromatic carbocycles. The summed E-state index contributed by atoms with van der Waals surface area (Å²) in [6.07, 6.45) is 1.54. The van der Waals surface area contributed by atoms with Gasteiger partial charge in [0.25, 0.3) is 0 Å². The summed E-state index contributed by atoms with van der Waals surface area (Å²) in [5.74, 6) is 0.607. The summed E-state index contributed by atoms with van der Waals surface area (Å²) in [4.78, 5) is 25.1. The third-order valence-electron chi connectivity index (χ3n) is 5.12. The Hall–Kier alpha value is -2.48. The van der Waals surface area contributed by atoms with Crippen molar-refractivity contribution in [2.75, 3.05) is 26.3 Å². The number of aliphatic carboxylic acids is 1. The summed E-state index contributed by atoms with van der Waals surface area (Å²) in [5.41, 5.74) is 0.944. The lowest BCUT2D eigenvalue weighted by molar-refractivity contribution is -0.139. The highest BCUT2D eigenvalue weighted by Gasteiger charge is 2.34. The van der Waals surface area contributed by atoms with Crippen LogP contribution in [0.25, 0.3) is 0 Å². The lowest BCUT2D eigenvalue weighted by Gasteiger charge is -2.42. The van der Waals surface area contributed by atoms with Crippen molar-refractivity contribution in [3.05, 3.63) is 23.8 Å². The molecule has 1 aliphatic heterocycles. The van der Waals surface area contributed by atoms with E-state index in [1.54, 1.807) is 0 Å². The van der Waals surface area contributed by atoms with Crippen LogP contribution in [-0.2, 0) is 4.79 Å². The Kier molecular flexibility index (Phi) is 6.05. The number of carboxylic acids is 1. The maximum Gasteiger partial charge on any atom is 0.317 e. The Labute approximate surface area is 158 Å². The number of hydrogen-bond donors (Lipinski definition) is 3. The summed E-state index contributed by atoms with van der Waals surface area (Å²) in [6, 6.07) is 5.57. The lowest BCUT2D eigenvalue weighted by Crippen LogP contribution is -2.56. The minimum atomic E-state index is -0.820. The number of benzene rings is 1. The molecule has 27 heavy (non-hydrogen) atoms. The zero-order valence-corrected chi connectivity index (χ0v) is 15.7. The second-order valence-electron chi connectivity index (χ2n) is 7.02. The molecule has 1 heterocycles. The predicted octanol–water partition coefficient (Wildman–Crippen LogP) is 1.76. The first-order valence-corrected chi connectivity index (χ1v) is 9.38. The molecule has 0 radical (unpaired) electrons. The Morgan fingerprint density at radius 1 is 1.26 bits per heavy atom. The molecule has 3 rings (SSSR count). The van der Waals surface area contributed by atoms with Gasteiger partial charge in [0.05, 0.1) is 12.6 Å². The minimum Gasteiger partial charge on any atom is -0.486 e. The van der Waals surface area contributed by atoms with Crippen LogP contribution in [0.5, 0.6) is 11.5 Å². The number of amides is 2. The first-order valence-electron chi connectivity index (χ1n) is 9.38. The van der Waals surface area contributed by atoms with Crippen molar-refractivity contribution >= 4 is 12.0 Å². The fourth-order valence-electron chi connectivity index (χ4n) is 3.51. The third kappa shape index (κ3) is 4.82. The van der Waals surface area contributed by atoms with Crippen molar-refractivity contribution in [3.63, 3.8) is 0 Å². The summed E-state index contributed by atoms with van der Waals surface area (Å²) in [5, 5.41) is 14.8. The fourth-order valence-corrected chi connectivity index (χ4v) is 3.51. The van der Waals surface area contributed by atoms with Crippen LogP contribution in [0.2, 0.25) is 0 Å². The van der Waals surface area contributed by atoms with Crippen LogP contribution in [0.1, 0.15) is 38.3 Å². The van der Waals surface area contributed by atoms with Crippen LogP contribution in [0.15, 0.2) is 18.2 Å². The molecule has 8 nitrogen and oxygen atoms in total. The third-order valence-corrected chi connectivity index (χ3v) is 5.12. The number of urea groups is 1. The van der Waals surface area contributed by atoms with E-state index in [0.717, 1.165) is 24.2 Å². The Morgan fingerprint density at radius 3 is 2.63 bits per heavy atom. The summed E-state index contributed by atoms with van der Waals surface area (Å²) < 4.78 is 11.1. The minimum absolute atomic E-state index is 0.0429. The van der Waals surface area contributed by atoms with Crippen molar-refractivity contribution < 1.29 is 24.2 Å². The van der Waals surface area contributed by atoms with Gasteiger partial charge in [0.1, 0.15) is 13.2 Å². The number of ether oxygens (including phenoxy) is 2. The highest BCUT2D eigenvalue weighted by molar-refractivity contribution is 5.75. The largest absolute Gasteiger partial charge is 0.486 e. The quantitative estimate of drug-likeness (QED) is 0.669. The van der Waals surface area contributed by atoms with Crippen molar-refractivity contribution in [1.29, 1.82) is 0 Å². The van der Waals surface area contributed by atoms with E-state index in [1.807, 2.05) is 36.9 Å². The van der Waals surface area contributed by atoms with Gasteiger partial charge in [-0.05, 0) is 44.0 Å². The van der Waals surface area contributed by atoms with Gasteiger partial charge in [-0.15, -0.1) is 0 Å². The van der Waals surface area contributed by atoms with E-state index in [-0.39, 0.29) is 30.7 Å². The van der Waals surface area contributed by atoms with E-state index in [1.165, 1.54) is 0 Å². The van der Waals surface area contributed by atoms with Gasteiger partial charge in [-0.1, -0.05) is 13.0 Å². The average molecular weight is 377 g/mol. The fraction of sp³-hybridized carbons (Fsp3) is 0.579. The molecule has 3 N–H and O–H groups in total. The van der Waals surface area contributed by atoms with Crippen LogP contribution in [0.4, 0.5) is 4.79 Å². The van der Waals surface area contributed by atoms with Crippen LogP contribution in [-0.4, -0.2) is 60.4 Å². The van der Waals surface area contributed by atoms with Crippen LogP contribution in [0, 0.1) is 0 Å². The summed E-state index contributed by atoms with van der Waals surface area (Å²) in [7, 11) is 0. The molecule has 0 aromatic heterocycles. The van der Waals surface area contributed by atoms with Gasteiger partial charge in [-0.2, -0.15) is 0 Å². The molecule has 0 saturated heterocycles. The maximum atomic E-state index is 12.3. The van der Waals surface area contributed by atoms with Crippen molar-refractivity contribution in [3.8, 4) is 11.5 Å². The molecule has 1 aliphatic carbocycles. The molecule has 2 amide bonds. The number of fused-ring (bicyclic) bond motifs is 1. The number of nitrogens with one attached hydrogen (secondary N) is 2. The van der Waals surface area contributed by atoms with E-state index in [0.29, 0.717) is 25.5 Å². The summed E-state index contributed by atoms with van der Waals surface area (Å²) >= 11 is 0. The van der Waals surface area contributed by atoms with E-state index in [2.05, 4.69) is 10.6 Å². The number of carbonyl (C=O) groups is 2. The van der Waals surface area contributed by atoms with Crippen molar-refractivity contribution in [1.82, 2.24) is 15.5 Å². The summed E-state index contributed by atoms with van der Waals surface area (Å²) in [6.45, 7) is 5.68. The molecular weight excluding hydrogens is 350 g/mol. The number of likely N-dealkylation sites (N-methyl/N-ethyl adjacent to an activating group) is 1. The normalized spacial score (nSPS) is 21.9. The highest BCUT2D eigenvalue weighted by atomic mass is 16.6. The van der Waals surface area contributed by atoms with Gasteiger partial charge < -0.3 is 25.2 Å². The molecule has 0 bridgehead atoms. The van der Waals surface area contributed by atoms with Crippen LogP contribution < -0.4 is 20.1 Å². The van der Waals surface area contributed by atoms with Crippen molar-refractivity contribution in [2.45, 2.75) is 44.8 Å². The predicted molar refractivity (Wildman–Crippen MR) is 99.2 cm³/mol. The number of nitrogens with zero attached hydrogens (tertiary/aromatic N) is 1. The molecule has 1 saturated carbocycles. The standard InChI is InChI=1S/C19H27N3O5/c1-3-22(11-18(23)24)15-9-14(10-15)21-19(25)20-12(2)13-4-5-16-17(8-13)27-7-6-26-16/h4-5,8,12,14-15H,3,6-7,9-11H2,1-2H3,(H,23,24)(H2,20,21,25). The first-order chi connectivity index (χ1) is 13.0. The van der Waals surface area contributed by atoms with Crippen LogP contribution >= 0.6 is 0 Å². The van der Waals surface area contributed by atoms with Gasteiger partial charge in [0, 0.05) is 12.1 Å². The highest BCUT2D eigenvalue weighted by Crippen LogP contribution is 2.32. The lowest BCUT2D eigenvalue weighted by atomic mass is 9.85. The molecule has 1 atom stereocenters. The second kappa shape index (κ2) is 8.47. The molecular formula is C19H27N3O5. The molecule has 8 heteroatoms. The Morgan fingerprint density at radius 2 is 1.96 bits per heavy atom. The smallest absolute Gasteiger partial charge is 0.317 e. The topological polar surface area (TPSA) is 100 Å². The molecule has 0 spiro atoms. The van der Waals surface area contributed by atoms with E-state index in [4.69, 9.17) is 14.6 Å². The number of carbonyl (C=O) groups excluding carboxylic acids is 1. The van der Waals surface area contributed by atoms with Gasteiger partial charge in [-0.25, -0.2) is 4.79 Å². The molecule has 2 aliphatic rings. The van der Waals surface area contributed by atoms with E-state index in [9.17, 15) is 9.59 Å². The van der Waals surface area contributed by atoms with Crippen molar-refractivity contribution in [2.24, 2.45) is 0 Å². The molecule has 148 valence electrons. The van der Waals surface area contributed by atoms with Gasteiger partial charge in [0.2, 0.25) is 0 Å². The van der Waals surface area contributed by atoms with Crippen LogP contribution in [0.3, 0.4) is 0 Å². The van der Waals surface area contributed by atoms with E-state index < -0.39 is 5.97 Å². The number of carboxylic acid groups (broad SMARTS) is 1. The maximum absolute atomic E-state index is 12.3. The molecule has 1 unspecified atom stereocenters. The first kappa shape index (κ1) is 19.3. The second-order valence-corrected chi connectivity index (χ2v) is 7.02. The zero-order chi connectivity index (χ0) is 19.4. The number of hydrogen-bond acceptors (Lipinski definition) is 5. The number of rotatable bonds is 7. The van der Waals surface area contributed by atoms with Gasteiger partial charge >= 0.3 is 12.0 Å². The Balaban J connectivity index is 1.45. The van der Waals surface area contributed by atoms with Gasteiger partial charge in [0.15, 0.2) is 11.5 Å². The zero-order valence-electron chi connectivity index (χ0n) is 15.7. The SMILES string of the molecule is CCN(CC(=O)O)C1CC(NC(=O)NC(C)c2ccc3c(c2)OCCO3)C1. The average Bonchev–Trinajstić information content (AvgIpc) is 2.62.